The molecule has 33 heavy (non-hydrogen) atoms. The highest BCUT2D eigenvalue weighted by Gasteiger charge is 2.10. The fraction of sp³-hybridized carbons (Fsp3) is 0.308. The van der Waals surface area contributed by atoms with Gasteiger partial charge in [-0.3, -0.25) is 9.69 Å². The standard InChI is InChI=1S/C26H29N3O3S/c1-20-28-24(19-33-20)18-32-25-9-6-21(7-10-25)8-11-26(30)27-16-22-2-4-23(5-3-22)17-29-12-14-31-15-13-29/h2-11,19H,12-18H2,1H3,(H,27,30). The van der Waals surface area contributed by atoms with Crippen LogP contribution in [0, 0.1) is 6.92 Å². The first-order valence-electron chi connectivity index (χ1n) is 11.1. The second-order valence-electron chi connectivity index (χ2n) is 7.97. The van der Waals surface area contributed by atoms with Gasteiger partial charge in [-0.2, -0.15) is 0 Å². The van der Waals surface area contributed by atoms with Crippen molar-refractivity contribution in [2.75, 3.05) is 26.3 Å². The third-order valence-electron chi connectivity index (χ3n) is 5.36. The SMILES string of the molecule is Cc1nc(COc2ccc(C=CC(=O)NCc3ccc(CN4CCOCC4)cc3)cc2)cs1. The highest BCUT2D eigenvalue weighted by molar-refractivity contribution is 7.09. The van der Waals surface area contributed by atoms with Gasteiger partial charge in [-0.05, 0) is 41.8 Å². The lowest BCUT2D eigenvalue weighted by Gasteiger charge is -2.26. The molecule has 6 nitrogen and oxygen atoms in total. The Bertz CT molecular complexity index is 1060. The summed E-state index contributed by atoms with van der Waals surface area (Å²) in [4.78, 5) is 19.0. The zero-order valence-corrected chi connectivity index (χ0v) is 19.6. The largest absolute Gasteiger partial charge is 0.487 e. The number of nitrogens with one attached hydrogen (secondary N) is 1. The Kier molecular flexibility index (Phi) is 8.24. The summed E-state index contributed by atoms with van der Waals surface area (Å²) in [6.07, 6.45) is 3.36. The van der Waals surface area contributed by atoms with Gasteiger partial charge < -0.3 is 14.8 Å². The molecule has 2 heterocycles. The highest BCUT2D eigenvalue weighted by atomic mass is 32.1. The molecule has 1 amide bonds. The smallest absolute Gasteiger partial charge is 0.244 e. The number of carbonyl (C=O) groups is 1. The number of amides is 1. The maximum Gasteiger partial charge on any atom is 0.244 e. The van der Waals surface area contributed by atoms with Crippen molar-refractivity contribution in [3.63, 3.8) is 0 Å². The van der Waals surface area contributed by atoms with Crippen molar-refractivity contribution in [2.45, 2.75) is 26.6 Å². The normalized spacial score (nSPS) is 14.5. The van der Waals surface area contributed by atoms with Crippen LogP contribution in [0.25, 0.3) is 6.08 Å². The molecular weight excluding hydrogens is 434 g/mol. The molecule has 0 radical (unpaired) electrons. The molecule has 4 rings (SSSR count). The fourth-order valence-corrected chi connectivity index (χ4v) is 4.10. The van der Waals surface area contributed by atoms with E-state index in [2.05, 4.69) is 39.5 Å². The van der Waals surface area contributed by atoms with Crippen LogP contribution in [0.2, 0.25) is 0 Å². The lowest BCUT2D eigenvalue weighted by Crippen LogP contribution is -2.35. The third kappa shape index (κ3) is 7.53. The van der Waals surface area contributed by atoms with Crippen LogP contribution in [-0.4, -0.2) is 42.1 Å². The molecule has 1 N–H and O–H groups in total. The Balaban J connectivity index is 1.19. The molecule has 1 fully saturated rings. The van der Waals surface area contributed by atoms with E-state index in [1.165, 1.54) is 5.56 Å². The van der Waals surface area contributed by atoms with Gasteiger partial charge in [-0.1, -0.05) is 36.4 Å². The van der Waals surface area contributed by atoms with Crippen LogP contribution in [0.5, 0.6) is 5.75 Å². The molecule has 0 saturated carbocycles. The topological polar surface area (TPSA) is 63.7 Å². The van der Waals surface area contributed by atoms with Gasteiger partial charge in [0.25, 0.3) is 0 Å². The molecule has 1 saturated heterocycles. The second-order valence-corrected chi connectivity index (χ2v) is 9.03. The van der Waals surface area contributed by atoms with E-state index in [1.54, 1.807) is 23.5 Å². The molecule has 172 valence electrons. The molecule has 1 aliphatic rings. The van der Waals surface area contributed by atoms with Crippen molar-refractivity contribution in [2.24, 2.45) is 0 Å². The number of ether oxygens (including phenoxy) is 2. The van der Waals surface area contributed by atoms with Gasteiger partial charge in [0.1, 0.15) is 12.4 Å². The highest BCUT2D eigenvalue weighted by Crippen LogP contribution is 2.16. The fourth-order valence-electron chi connectivity index (χ4n) is 3.51. The van der Waals surface area contributed by atoms with Gasteiger partial charge in [0, 0.05) is 37.6 Å². The lowest BCUT2D eigenvalue weighted by molar-refractivity contribution is -0.116. The molecule has 0 spiro atoms. The minimum Gasteiger partial charge on any atom is -0.487 e. The molecule has 3 aromatic rings. The molecule has 0 unspecified atom stereocenters. The Morgan fingerprint density at radius 2 is 1.85 bits per heavy atom. The Labute approximate surface area is 198 Å². The van der Waals surface area contributed by atoms with Gasteiger partial charge in [-0.25, -0.2) is 4.98 Å². The zero-order valence-electron chi connectivity index (χ0n) is 18.8. The number of hydrogen-bond donors (Lipinski definition) is 1. The number of rotatable bonds is 9. The first-order valence-corrected chi connectivity index (χ1v) is 12.0. The number of thiazole rings is 1. The van der Waals surface area contributed by atoms with Gasteiger partial charge in [0.15, 0.2) is 0 Å². The second kappa shape index (κ2) is 11.7. The van der Waals surface area contributed by atoms with Gasteiger partial charge in [0.2, 0.25) is 5.91 Å². The maximum absolute atomic E-state index is 12.2. The minimum absolute atomic E-state index is 0.119. The number of aryl methyl sites for hydroxylation is 1. The van der Waals surface area contributed by atoms with Gasteiger partial charge >= 0.3 is 0 Å². The summed E-state index contributed by atoms with van der Waals surface area (Å²) >= 11 is 1.62. The van der Waals surface area contributed by atoms with Crippen molar-refractivity contribution < 1.29 is 14.3 Å². The molecule has 1 aliphatic heterocycles. The maximum atomic E-state index is 12.2. The van der Waals surface area contributed by atoms with Crippen molar-refractivity contribution in [3.05, 3.63) is 87.4 Å². The van der Waals surface area contributed by atoms with E-state index >= 15 is 0 Å². The summed E-state index contributed by atoms with van der Waals surface area (Å²) in [5, 5.41) is 5.98. The first-order chi connectivity index (χ1) is 16.1. The third-order valence-corrected chi connectivity index (χ3v) is 6.18. The van der Waals surface area contributed by atoms with E-state index in [1.807, 2.05) is 36.6 Å². The predicted molar refractivity (Wildman–Crippen MR) is 131 cm³/mol. The van der Waals surface area contributed by atoms with Crippen molar-refractivity contribution in [3.8, 4) is 5.75 Å². The zero-order chi connectivity index (χ0) is 22.9. The van der Waals surface area contributed by atoms with Crippen LogP contribution in [0.4, 0.5) is 0 Å². The Morgan fingerprint density at radius 1 is 1.12 bits per heavy atom. The lowest BCUT2D eigenvalue weighted by atomic mass is 10.1. The van der Waals surface area contributed by atoms with Crippen LogP contribution in [0.15, 0.2) is 60.0 Å². The predicted octanol–water partition coefficient (Wildman–Crippen LogP) is 4.19. The quantitative estimate of drug-likeness (QED) is 0.482. The van der Waals surface area contributed by atoms with Crippen LogP contribution in [0.1, 0.15) is 27.4 Å². The Morgan fingerprint density at radius 3 is 2.55 bits per heavy atom. The first kappa shape index (κ1) is 23.2. The molecule has 0 atom stereocenters. The summed E-state index contributed by atoms with van der Waals surface area (Å²) in [6, 6.07) is 16.1. The number of morpholine rings is 1. The van der Waals surface area contributed by atoms with Crippen molar-refractivity contribution in [1.82, 2.24) is 15.2 Å². The van der Waals surface area contributed by atoms with E-state index in [0.29, 0.717) is 13.2 Å². The van der Waals surface area contributed by atoms with Crippen LogP contribution in [-0.2, 0) is 29.2 Å². The molecule has 2 aromatic carbocycles. The molecule has 7 heteroatoms. The number of aromatic nitrogens is 1. The van der Waals surface area contributed by atoms with Crippen molar-refractivity contribution in [1.29, 1.82) is 0 Å². The average Bonchev–Trinajstić information content (AvgIpc) is 3.27. The molecular formula is C26H29N3O3S. The number of carbonyl (C=O) groups excluding carboxylic acids is 1. The minimum atomic E-state index is -0.119. The van der Waals surface area contributed by atoms with E-state index in [0.717, 1.165) is 60.4 Å². The molecule has 0 bridgehead atoms. The van der Waals surface area contributed by atoms with Gasteiger partial charge in [-0.15, -0.1) is 11.3 Å². The summed E-state index contributed by atoms with van der Waals surface area (Å²) < 4.78 is 11.2. The molecule has 1 aromatic heterocycles. The summed E-state index contributed by atoms with van der Waals surface area (Å²) in [6.45, 7) is 7.45. The Hall–Kier alpha value is -3.00. The number of nitrogens with zero attached hydrogens (tertiary/aromatic N) is 2. The van der Waals surface area contributed by atoms with Gasteiger partial charge in [0.05, 0.1) is 23.9 Å². The monoisotopic (exact) mass is 463 g/mol. The van der Waals surface area contributed by atoms with Crippen LogP contribution >= 0.6 is 11.3 Å². The molecule has 0 aliphatic carbocycles. The van der Waals surface area contributed by atoms with E-state index in [9.17, 15) is 4.79 Å². The van der Waals surface area contributed by atoms with Crippen molar-refractivity contribution >= 4 is 23.3 Å². The van der Waals surface area contributed by atoms with Crippen LogP contribution in [0.3, 0.4) is 0 Å². The summed E-state index contributed by atoms with van der Waals surface area (Å²) in [5.41, 5.74) is 4.24. The number of benzene rings is 2. The van der Waals surface area contributed by atoms with E-state index in [4.69, 9.17) is 9.47 Å². The van der Waals surface area contributed by atoms with Crippen LogP contribution < -0.4 is 10.1 Å². The van der Waals surface area contributed by atoms with E-state index in [-0.39, 0.29) is 5.91 Å². The number of hydrogen-bond acceptors (Lipinski definition) is 6. The van der Waals surface area contributed by atoms with E-state index < -0.39 is 0 Å². The summed E-state index contributed by atoms with van der Waals surface area (Å²) in [7, 11) is 0. The average molecular weight is 464 g/mol. The summed E-state index contributed by atoms with van der Waals surface area (Å²) in [5.74, 6) is 0.658.